The maximum atomic E-state index is 12.5. The molecule has 0 aromatic carbocycles. The van der Waals surface area contributed by atoms with E-state index in [2.05, 4.69) is 9.88 Å². The normalized spacial score (nSPS) is 15.3. The van der Waals surface area contributed by atoms with Crippen LogP contribution < -0.4 is 4.90 Å². The quantitative estimate of drug-likeness (QED) is 0.703. The molecular formula is C18H24N4O4S. The molecule has 0 aliphatic carbocycles. The van der Waals surface area contributed by atoms with E-state index < -0.39 is 10.0 Å². The van der Waals surface area contributed by atoms with Crippen molar-refractivity contribution < 1.29 is 17.6 Å². The summed E-state index contributed by atoms with van der Waals surface area (Å²) in [6.07, 6.45) is 4.55. The molecule has 1 aliphatic rings. The molecule has 2 aromatic rings. The molecule has 27 heavy (non-hydrogen) atoms. The largest absolute Gasteiger partial charge is 0.468 e. The van der Waals surface area contributed by atoms with Crippen LogP contribution >= 0.6 is 0 Å². The van der Waals surface area contributed by atoms with Crippen LogP contribution in [-0.2, 0) is 21.4 Å². The lowest BCUT2D eigenvalue weighted by molar-refractivity contribution is -0.131. The highest BCUT2D eigenvalue weighted by atomic mass is 32.2. The summed E-state index contributed by atoms with van der Waals surface area (Å²) in [5, 5.41) is 0. The van der Waals surface area contributed by atoms with Gasteiger partial charge in [-0.05, 0) is 24.3 Å². The third-order valence-electron chi connectivity index (χ3n) is 4.56. The Morgan fingerprint density at radius 3 is 2.56 bits per heavy atom. The first-order valence-corrected chi connectivity index (χ1v) is 10.7. The third-order valence-corrected chi connectivity index (χ3v) is 5.81. The van der Waals surface area contributed by atoms with Gasteiger partial charge in [-0.15, -0.1) is 0 Å². The fourth-order valence-electron chi connectivity index (χ4n) is 3.04. The smallest absolute Gasteiger partial charge is 0.224 e. The number of hydrogen-bond donors (Lipinski definition) is 0. The van der Waals surface area contributed by atoms with Crippen molar-refractivity contribution in [3.63, 3.8) is 0 Å². The molecule has 0 radical (unpaired) electrons. The third kappa shape index (κ3) is 5.30. The number of nitrogens with zero attached hydrogens (tertiary/aromatic N) is 4. The van der Waals surface area contributed by atoms with Gasteiger partial charge in [0, 0.05) is 45.3 Å². The molecule has 9 heteroatoms. The van der Waals surface area contributed by atoms with Crippen molar-refractivity contribution in [3.05, 3.63) is 48.6 Å². The number of pyridine rings is 1. The van der Waals surface area contributed by atoms with Crippen LogP contribution in [0.25, 0.3) is 0 Å². The predicted octanol–water partition coefficient (Wildman–Crippen LogP) is 1.18. The van der Waals surface area contributed by atoms with Gasteiger partial charge >= 0.3 is 0 Å². The number of amides is 1. The van der Waals surface area contributed by atoms with Gasteiger partial charge in [0.05, 0.1) is 19.1 Å². The molecule has 0 N–H and O–H groups in total. The van der Waals surface area contributed by atoms with Gasteiger partial charge in [-0.1, -0.05) is 6.07 Å². The second-order valence-electron chi connectivity index (χ2n) is 6.48. The highest BCUT2D eigenvalue weighted by Gasteiger charge is 2.24. The lowest BCUT2D eigenvalue weighted by Gasteiger charge is -2.35. The number of carbonyl (C=O) groups is 1. The fourth-order valence-corrected chi connectivity index (χ4v) is 3.83. The number of piperazine rings is 1. The zero-order valence-electron chi connectivity index (χ0n) is 15.3. The number of carbonyl (C=O) groups excluding carboxylic acids is 1. The van der Waals surface area contributed by atoms with Crippen molar-refractivity contribution in [3.8, 4) is 0 Å². The topological polar surface area (TPSA) is 87.0 Å². The number of furan rings is 1. The first-order valence-electron chi connectivity index (χ1n) is 8.85. The zero-order valence-corrected chi connectivity index (χ0v) is 16.1. The summed E-state index contributed by atoms with van der Waals surface area (Å²) in [7, 11) is -3.43. The minimum absolute atomic E-state index is 0.0382. The van der Waals surface area contributed by atoms with E-state index in [1.807, 2.05) is 18.2 Å². The van der Waals surface area contributed by atoms with E-state index in [-0.39, 0.29) is 25.4 Å². The molecule has 0 saturated carbocycles. The van der Waals surface area contributed by atoms with E-state index in [1.165, 1.54) is 10.6 Å². The number of aromatic nitrogens is 1. The summed E-state index contributed by atoms with van der Waals surface area (Å²) in [6.45, 7) is 2.90. The van der Waals surface area contributed by atoms with Gasteiger partial charge in [-0.25, -0.2) is 13.4 Å². The van der Waals surface area contributed by atoms with Gasteiger partial charge in [0.25, 0.3) is 0 Å². The Bertz CT molecular complexity index is 832. The van der Waals surface area contributed by atoms with Crippen LogP contribution in [0.3, 0.4) is 0 Å². The number of rotatable bonds is 7. The van der Waals surface area contributed by atoms with Gasteiger partial charge < -0.3 is 14.2 Å². The van der Waals surface area contributed by atoms with Gasteiger partial charge in [-0.3, -0.25) is 4.79 Å². The van der Waals surface area contributed by atoms with E-state index in [1.54, 1.807) is 23.2 Å². The minimum Gasteiger partial charge on any atom is -0.468 e. The highest BCUT2D eigenvalue weighted by molar-refractivity contribution is 7.88. The molecule has 3 heterocycles. The standard InChI is InChI=1S/C18H24N4O4S/c1-27(24,25)22(15-16-5-4-14-26-16)9-7-18(23)21-12-10-20(11-13-21)17-6-2-3-8-19-17/h2-6,8,14H,7,9-13,15H2,1H3. The van der Waals surface area contributed by atoms with Crippen molar-refractivity contribution in [2.75, 3.05) is 43.9 Å². The van der Waals surface area contributed by atoms with E-state index in [4.69, 9.17) is 4.42 Å². The first-order chi connectivity index (χ1) is 12.9. The van der Waals surface area contributed by atoms with Crippen LogP contribution in [0.2, 0.25) is 0 Å². The molecule has 8 nitrogen and oxygen atoms in total. The Balaban J connectivity index is 1.51. The Morgan fingerprint density at radius 1 is 1.19 bits per heavy atom. The molecule has 0 unspecified atom stereocenters. The van der Waals surface area contributed by atoms with Gasteiger partial charge in [-0.2, -0.15) is 4.31 Å². The molecule has 1 aliphatic heterocycles. The predicted molar refractivity (Wildman–Crippen MR) is 102 cm³/mol. The summed E-state index contributed by atoms with van der Waals surface area (Å²) in [6, 6.07) is 9.20. The van der Waals surface area contributed by atoms with Crippen molar-refractivity contribution >= 4 is 21.7 Å². The van der Waals surface area contributed by atoms with E-state index >= 15 is 0 Å². The monoisotopic (exact) mass is 392 g/mol. The lowest BCUT2D eigenvalue weighted by atomic mass is 10.2. The van der Waals surface area contributed by atoms with Crippen molar-refractivity contribution in [2.45, 2.75) is 13.0 Å². The Labute approximate surface area is 159 Å². The summed E-state index contributed by atoms with van der Waals surface area (Å²) in [4.78, 5) is 20.8. The molecular weight excluding hydrogens is 368 g/mol. The van der Waals surface area contributed by atoms with Gasteiger partial charge in [0.15, 0.2) is 0 Å². The molecule has 0 atom stereocenters. The SMILES string of the molecule is CS(=O)(=O)N(CCC(=O)N1CCN(c2ccccn2)CC1)Cc1ccco1. The van der Waals surface area contributed by atoms with E-state index in [0.717, 1.165) is 12.1 Å². The van der Waals surface area contributed by atoms with Crippen molar-refractivity contribution in [1.82, 2.24) is 14.2 Å². The number of hydrogen-bond acceptors (Lipinski definition) is 6. The van der Waals surface area contributed by atoms with Crippen LogP contribution in [0.15, 0.2) is 47.2 Å². The van der Waals surface area contributed by atoms with Crippen LogP contribution in [0.5, 0.6) is 0 Å². The van der Waals surface area contributed by atoms with Gasteiger partial charge in [0.2, 0.25) is 15.9 Å². The van der Waals surface area contributed by atoms with Crippen LogP contribution in [0, 0.1) is 0 Å². The molecule has 0 spiro atoms. The van der Waals surface area contributed by atoms with Crippen molar-refractivity contribution in [2.24, 2.45) is 0 Å². The fraction of sp³-hybridized carbons (Fsp3) is 0.444. The molecule has 2 aromatic heterocycles. The Kier molecular flexibility index (Phi) is 6.12. The van der Waals surface area contributed by atoms with Crippen LogP contribution in [-0.4, -0.2) is 67.5 Å². The van der Waals surface area contributed by atoms with Gasteiger partial charge in [0.1, 0.15) is 11.6 Å². The second kappa shape index (κ2) is 8.53. The Morgan fingerprint density at radius 2 is 1.96 bits per heavy atom. The average molecular weight is 392 g/mol. The lowest BCUT2D eigenvalue weighted by Crippen LogP contribution is -2.49. The first kappa shape index (κ1) is 19.4. The van der Waals surface area contributed by atoms with E-state index in [0.29, 0.717) is 31.9 Å². The van der Waals surface area contributed by atoms with Crippen molar-refractivity contribution in [1.29, 1.82) is 0 Å². The molecule has 0 bridgehead atoms. The summed E-state index contributed by atoms with van der Waals surface area (Å²) < 4.78 is 30.5. The molecule has 1 fully saturated rings. The summed E-state index contributed by atoms with van der Waals surface area (Å²) in [5.74, 6) is 1.42. The average Bonchev–Trinajstić information content (AvgIpc) is 3.18. The molecule has 1 saturated heterocycles. The second-order valence-corrected chi connectivity index (χ2v) is 8.46. The highest BCUT2D eigenvalue weighted by Crippen LogP contribution is 2.14. The molecule has 146 valence electrons. The van der Waals surface area contributed by atoms with Crippen LogP contribution in [0.1, 0.15) is 12.2 Å². The Hall–Kier alpha value is -2.39. The molecule has 3 rings (SSSR count). The summed E-state index contributed by atoms with van der Waals surface area (Å²) in [5.41, 5.74) is 0. The summed E-state index contributed by atoms with van der Waals surface area (Å²) >= 11 is 0. The minimum atomic E-state index is -3.43. The number of sulfonamides is 1. The number of anilines is 1. The van der Waals surface area contributed by atoms with Crippen LogP contribution in [0.4, 0.5) is 5.82 Å². The molecule has 1 amide bonds. The zero-order chi connectivity index (χ0) is 19.3. The maximum absolute atomic E-state index is 12.5. The van der Waals surface area contributed by atoms with E-state index in [9.17, 15) is 13.2 Å². The maximum Gasteiger partial charge on any atom is 0.224 e.